The first-order valence-electron chi connectivity index (χ1n) is 4.94. The molecule has 17 heavy (non-hydrogen) atoms. The van der Waals surface area contributed by atoms with E-state index in [2.05, 4.69) is 15.1 Å². The monoisotopic (exact) mass is 232 g/mol. The summed E-state index contributed by atoms with van der Waals surface area (Å²) in [5.74, 6) is 0.187. The molecule has 0 saturated heterocycles. The van der Waals surface area contributed by atoms with Crippen molar-refractivity contribution in [1.29, 1.82) is 0 Å². The van der Waals surface area contributed by atoms with E-state index in [-0.39, 0.29) is 5.96 Å². The number of rotatable bonds is 2. The Bertz CT molecular complexity index is 507. The highest BCUT2D eigenvalue weighted by Gasteiger charge is 2.02. The quantitative estimate of drug-likeness (QED) is 0.391. The Balaban J connectivity index is 2.14. The first-order chi connectivity index (χ1) is 8.29. The maximum atomic E-state index is 8.96. The van der Waals surface area contributed by atoms with E-state index in [1.165, 1.54) is 10.9 Å². The number of hydrogen-bond acceptors (Lipinski definition) is 5. The lowest BCUT2D eigenvalue weighted by molar-refractivity contribution is 0.228. The summed E-state index contributed by atoms with van der Waals surface area (Å²) in [7, 11) is 0. The molecule has 0 unspecified atom stereocenters. The van der Waals surface area contributed by atoms with Gasteiger partial charge < -0.3 is 5.73 Å². The SMILES string of the molecule is Nc1cnn(C(=NCc2ccccn2)NO)c1. The first-order valence-corrected chi connectivity index (χ1v) is 4.94. The minimum atomic E-state index is 0.187. The van der Waals surface area contributed by atoms with Crippen LogP contribution in [0.1, 0.15) is 5.69 Å². The van der Waals surface area contributed by atoms with Gasteiger partial charge in [-0.1, -0.05) is 6.07 Å². The second-order valence-electron chi connectivity index (χ2n) is 3.29. The van der Waals surface area contributed by atoms with Crippen molar-refractivity contribution in [3.8, 4) is 0 Å². The van der Waals surface area contributed by atoms with Crippen LogP contribution in [0.2, 0.25) is 0 Å². The van der Waals surface area contributed by atoms with Crippen molar-refractivity contribution in [2.45, 2.75) is 6.54 Å². The van der Waals surface area contributed by atoms with Crippen molar-refractivity contribution in [3.63, 3.8) is 0 Å². The van der Waals surface area contributed by atoms with Gasteiger partial charge in [0, 0.05) is 6.20 Å². The van der Waals surface area contributed by atoms with Gasteiger partial charge in [0.05, 0.1) is 30.3 Å². The molecule has 0 spiro atoms. The van der Waals surface area contributed by atoms with Crippen molar-refractivity contribution < 1.29 is 5.21 Å². The Hall–Kier alpha value is -2.41. The van der Waals surface area contributed by atoms with E-state index >= 15 is 0 Å². The van der Waals surface area contributed by atoms with E-state index in [0.717, 1.165) is 5.69 Å². The third-order valence-electron chi connectivity index (χ3n) is 2.04. The number of pyridine rings is 1. The molecule has 0 radical (unpaired) electrons. The van der Waals surface area contributed by atoms with E-state index < -0.39 is 0 Å². The highest BCUT2D eigenvalue weighted by Crippen LogP contribution is 1.99. The number of anilines is 1. The van der Waals surface area contributed by atoms with Gasteiger partial charge in [-0.05, 0) is 12.1 Å². The number of nitrogen functional groups attached to an aromatic ring is 1. The van der Waals surface area contributed by atoms with Crippen molar-refractivity contribution in [1.82, 2.24) is 20.2 Å². The number of hydroxylamine groups is 1. The molecule has 0 atom stereocenters. The number of nitrogens with zero attached hydrogens (tertiary/aromatic N) is 4. The van der Waals surface area contributed by atoms with Crippen LogP contribution in [0.5, 0.6) is 0 Å². The molecule has 0 aromatic carbocycles. The van der Waals surface area contributed by atoms with E-state index in [1.54, 1.807) is 12.4 Å². The third-order valence-corrected chi connectivity index (χ3v) is 2.04. The van der Waals surface area contributed by atoms with E-state index in [4.69, 9.17) is 10.9 Å². The van der Waals surface area contributed by atoms with Gasteiger partial charge in [-0.2, -0.15) is 5.10 Å². The summed E-state index contributed by atoms with van der Waals surface area (Å²) < 4.78 is 1.35. The fraction of sp³-hybridized carbons (Fsp3) is 0.100. The Kier molecular flexibility index (Phi) is 3.31. The van der Waals surface area contributed by atoms with E-state index in [1.807, 2.05) is 23.7 Å². The number of nitrogens with one attached hydrogen (secondary N) is 1. The van der Waals surface area contributed by atoms with Gasteiger partial charge in [-0.25, -0.2) is 15.2 Å². The van der Waals surface area contributed by atoms with Crippen molar-refractivity contribution >= 4 is 11.6 Å². The molecule has 0 amide bonds. The summed E-state index contributed by atoms with van der Waals surface area (Å²) in [6, 6.07) is 5.54. The van der Waals surface area contributed by atoms with Gasteiger partial charge in [0.25, 0.3) is 0 Å². The molecule has 4 N–H and O–H groups in total. The van der Waals surface area contributed by atoms with Crippen molar-refractivity contribution in [2.75, 3.05) is 5.73 Å². The van der Waals surface area contributed by atoms with E-state index in [9.17, 15) is 0 Å². The summed E-state index contributed by atoms with van der Waals surface area (Å²) in [6.45, 7) is 0.337. The summed E-state index contributed by atoms with van der Waals surface area (Å²) >= 11 is 0. The average Bonchev–Trinajstić information content (AvgIpc) is 2.78. The zero-order chi connectivity index (χ0) is 12.1. The molecule has 88 valence electrons. The molecule has 2 rings (SSSR count). The molecule has 2 heterocycles. The minimum Gasteiger partial charge on any atom is -0.396 e. The third kappa shape index (κ3) is 2.79. The van der Waals surface area contributed by atoms with Crippen molar-refractivity contribution in [3.05, 3.63) is 42.5 Å². The van der Waals surface area contributed by atoms with Crippen LogP contribution in [-0.4, -0.2) is 25.9 Å². The predicted molar refractivity (Wildman–Crippen MR) is 62.3 cm³/mol. The first kappa shape index (κ1) is 11.1. The molecule has 7 heteroatoms. The topological polar surface area (TPSA) is 101 Å². The average molecular weight is 232 g/mol. The molecular weight excluding hydrogens is 220 g/mol. The minimum absolute atomic E-state index is 0.187. The van der Waals surface area contributed by atoms with Crippen LogP contribution in [0.25, 0.3) is 0 Å². The molecule has 2 aromatic heterocycles. The summed E-state index contributed by atoms with van der Waals surface area (Å²) in [5, 5.41) is 12.9. The predicted octanol–water partition coefficient (Wildman–Crippen LogP) is 0.243. The standard InChI is InChI=1S/C10H12N6O/c11-8-5-14-16(7-8)10(15-17)13-6-9-3-1-2-4-12-9/h1-5,7,17H,6,11H2,(H,13,15). The molecule has 0 aliphatic rings. The number of nitrogens with two attached hydrogens (primary N) is 1. The smallest absolute Gasteiger partial charge is 0.243 e. The van der Waals surface area contributed by atoms with Gasteiger partial charge in [0.2, 0.25) is 5.96 Å². The molecule has 0 aliphatic heterocycles. The van der Waals surface area contributed by atoms with Crippen LogP contribution in [0.3, 0.4) is 0 Å². The highest BCUT2D eigenvalue weighted by molar-refractivity contribution is 5.80. The molecule has 0 bridgehead atoms. The van der Waals surface area contributed by atoms with Gasteiger partial charge in [0.15, 0.2) is 0 Å². The van der Waals surface area contributed by atoms with Crippen LogP contribution in [0, 0.1) is 0 Å². The Labute approximate surface area is 97.6 Å². The zero-order valence-electron chi connectivity index (χ0n) is 8.98. The van der Waals surface area contributed by atoms with Gasteiger partial charge >= 0.3 is 0 Å². The van der Waals surface area contributed by atoms with Crippen LogP contribution in [-0.2, 0) is 6.54 Å². The molecule has 2 aromatic rings. The van der Waals surface area contributed by atoms with Crippen LogP contribution >= 0.6 is 0 Å². The Morgan fingerprint density at radius 1 is 1.53 bits per heavy atom. The highest BCUT2D eigenvalue weighted by atomic mass is 16.5. The van der Waals surface area contributed by atoms with E-state index in [0.29, 0.717) is 12.2 Å². The lowest BCUT2D eigenvalue weighted by Gasteiger charge is -2.03. The fourth-order valence-corrected chi connectivity index (χ4v) is 1.26. The lowest BCUT2D eigenvalue weighted by Crippen LogP contribution is -2.28. The Morgan fingerprint density at radius 2 is 2.41 bits per heavy atom. The lowest BCUT2D eigenvalue weighted by atomic mass is 10.3. The molecule has 0 aliphatic carbocycles. The second kappa shape index (κ2) is 5.08. The maximum absolute atomic E-state index is 8.96. The molecule has 7 nitrogen and oxygen atoms in total. The van der Waals surface area contributed by atoms with Gasteiger partial charge in [-0.15, -0.1) is 0 Å². The zero-order valence-corrected chi connectivity index (χ0v) is 8.98. The summed E-state index contributed by atoms with van der Waals surface area (Å²) in [5.41, 5.74) is 8.77. The van der Waals surface area contributed by atoms with Crippen LogP contribution < -0.4 is 11.2 Å². The molecule has 0 saturated carbocycles. The summed E-state index contributed by atoms with van der Waals surface area (Å²) in [4.78, 5) is 8.25. The van der Waals surface area contributed by atoms with Crippen molar-refractivity contribution in [2.24, 2.45) is 4.99 Å². The summed E-state index contributed by atoms with van der Waals surface area (Å²) in [6.07, 6.45) is 4.69. The number of aromatic nitrogens is 3. The van der Waals surface area contributed by atoms with Gasteiger partial charge in [0.1, 0.15) is 0 Å². The maximum Gasteiger partial charge on any atom is 0.243 e. The Morgan fingerprint density at radius 3 is 3.00 bits per heavy atom. The van der Waals surface area contributed by atoms with Crippen LogP contribution in [0.15, 0.2) is 41.8 Å². The van der Waals surface area contributed by atoms with Crippen LogP contribution in [0.4, 0.5) is 5.69 Å². The number of hydrogen-bond donors (Lipinski definition) is 3. The largest absolute Gasteiger partial charge is 0.396 e. The molecular formula is C10H12N6O. The normalized spacial score (nSPS) is 11.5. The second-order valence-corrected chi connectivity index (χ2v) is 3.29. The number of aliphatic imine (C=N–C) groups is 1. The fourth-order valence-electron chi connectivity index (χ4n) is 1.26. The molecule has 0 fully saturated rings. The van der Waals surface area contributed by atoms with Gasteiger partial charge in [-0.3, -0.25) is 10.2 Å².